The number of hydrogen-bond acceptors (Lipinski definition) is 5. The molecule has 1 aliphatic heterocycles. The fourth-order valence-electron chi connectivity index (χ4n) is 3.31. The van der Waals surface area contributed by atoms with Crippen LogP contribution in [0, 0.1) is 6.92 Å². The Hall–Kier alpha value is -1.48. The van der Waals surface area contributed by atoms with Crippen LogP contribution >= 0.6 is 0 Å². The molecule has 170 valence electrons. The molecule has 2 N–H and O–H groups in total. The summed E-state index contributed by atoms with van der Waals surface area (Å²) in [7, 11) is -2.18. The van der Waals surface area contributed by atoms with Crippen molar-refractivity contribution in [3.63, 3.8) is 0 Å². The first-order valence-electron chi connectivity index (χ1n) is 10.4. The Morgan fingerprint density at radius 2 is 1.94 bits per heavy atom. The van der Waals surface area contributed by atoms with Crippen LogP contribution < -0.4 is 15.7 Å². The van der Waals surface area contributed by atoms with Crippen LogP contribution in [0.4, 0.5) is 0 Å². The Balaban J connectivity index is 2.03. The van der Waals surface area contributed by atoms with Crippen LogP contribution in [0.2, 0.25) is 18.1 Å². The Morgan fingerprint density at radius 1 is 1.29 bits per heavy atom. The molecule has 0 saturated carbocycles. The molecule has 31 heavy (non-hydrogen) atoms. The molecule has 0 bridgehead atoms. The number of nitrogens with zero attached hydrogens (tertiary/aromatic N) is 1. The van der Waals surface area contributed by atoms with Gasteiger partial charge in [-0.15, -0.1) is 0 Å². The molecular weight excluding hydrogens is 479 g/mol. The van der Waals surface area contributed by atoms with E-state index in [0.29, 0.717) is 12.0 Å². The number of H-pyrrole nitrogens is 1. The zero-order valence-corrected chi connectivity index (χ0v) is 21.7. The summed E-state index contributed by atoms with van der Waals surface area (Å²) in [6, 6.07) is 9.93. The molecule has 7 nitrogen and oxygen atoms in total. The third kappa shape index (κ3) is 4.97. The number of aromatic nitrogens is 2. The summed E-state index contributed by atoms with van der Waals surface area (Å²) in [6.45, 7) is 12.3. The Labute approximate surface area is 190 Å². The van der Waals surface area contributed by atoms with Crippen molar-refractivity contribution in [2.24, 2.45) is 0 Å². The van der Waals surface area contributed by atoms with Crippen molar-refractivity contribution in [2.45, 2.75) is 69.1 Å². The predicted octanol–water partition coefficient (Wildman–Crippen LogP) is 1.87. The van der Waals surface area contributed by atoms with Gasteiger partial charge in [0.25, 0.3) is 0 Å². The van der Waals surface area contributed by atoms with Crippen molar-refractivity contribution < 1.29 is 14.3 Å². The SMILES string of the molecule is Cc1cn([C@H]2C[C@H](O[Si](C)(C)C(C)(C)C)[C@@](CO)([Se]c3ccccc3)O2)c(=O)[nH]c1=O. The molecule has 1 fully saturated rings. The minimum absolute atomic E-state index is 0.0164. The molecule has 0 radical (unpaired) electrons. The summed E-state index contributed by atoms with van der Waals surface area (Å²) in [5.74, 6) is 0. The molecule has 3 atom stereocenters. The maximum atomic E-state index is 12.5. The molecular formula is C22H32N2O5SeSi. The van der Waals surface area contributed by atoms with Gasteiger partial charge in [-0.05, 0) is 0 Å². The molecule has 1 saturated heterocycles. The zero-order chi connectivity index (χ0) is 23.0. The standard InChI is InChI=1S/C22H32N2O5SeSi/c1-15-13-24(20(27)23-19(15)26)18-12-17(29-31(5,6)21(2,3)4)22(14-25,28-18)30-16-10-8-7-9-11-16/h7-11,13,17-18,25H,12,14H2,1-6H3,(H,23,26,27)/t17-,18+,22+/m0/s1. The van der Waals surface area contributed by atoms with Crippen LogP contribution in [0.3, 0.4) is 0 Å². The molecule has 0 unspecified atom stereocenters. The number of hydrogen-bond donors (Lipinski definition) is 2. The number of aliphatic hydroxyl groups excluding tert-OH is 1. The number of ether oxygens (including phenoxy) is 1. The second kappa shape index (κ2) is 8.81. The molecule has 0 spiro atoms. The van der Waals surface area contributed by atoms with E-state index in [2.05, 4.69) is 38.8 Å². The van der Waals surface area contributed by atoms with Crippen LogP contribution in [0.25, 0.3) is 0 Å². The number of nitrogens with one attached hydrogen (secondary N) is 1. The van der Waals surface area contributed by atoms with Gasteiger partial charge >= 0.3 is 190 Å². The van der Waals surface area contributed by atoms with Crippen molar-refractivity contribution in [3.8, 4) is 0 Å². The van der Waals surface area contributed by atoms with Crippen LogP contribution in [-0.2, 0) is 9.16 Å². The molecule has 9 heteroatoms. The van der Waals surface area contributed by atoms with Gasteiger partial charge in [-0.3, -0.25) is 0 Å². The molecule has 1 aliphatic rings. The number of aromatic amines is 1. The third-order valence-corrected chi connectivity index (χ3v) is 13.5. The fourth-order valence-corrected chi connectivity index (χ4v) is 7.35. The fraction of sp³-hybridized carbons (Fsp3) is 0.545. The van der Waals surface area contributed by atoms with Crippen LogP contribution in [0.1, 0.15) is 39.0 Å². The van der Waals surface area contributed by atoms with Gasteiger partial charge in [0, 0.05) is 0 Å². The predicted molar refractivity (Wildman–Crippen MR) is 125 cm³/mol. The van der Waals surface area contributed by atoms with E-state index >= 15 is 0 Å². The van der Waals surface area contributed by atoms with Gasteiger partial charge in [-0.25, -0.2) is 0 Å². The Kier molecular flexibility index (Phi) is 6.86. The van der Waals surface area contributed by atoms with Gasteiger partial charge in [0.15, 0.2) is 0 Å². The van der Waals surface area contributed by atoms with Crippen LogP contribution in [0.5, 0.6) is 0 Å². The number of rotatable bonds is 6. The van der Waals surface area contributed by atoms with Gasteiger partial charge in [-0.1, -0.05) is 0 Å². The molecule has 0 aliphatic carbocycles. The maximum absolute atomic E-state index is 12.5. The van der Waals surface area contributed by atoms with E-state index in [1.807, 2.05) is 30.3 Å². The normalized spacial score (nSPS) is 24.5. The molecule has 0 amide bonds. The van der Waals surface area contributed by atoms with E-state index in [4.69, 9.17) is 9.16 Å². The summed E-state index contributed by atoms with van der Waals surface area (Å²) in [5, 5.41) is 10.5. The Morgan fingerprint density at radius 3 is 2.52 bits per heavy atom. The Bertz CT molecular complexity index is 1030. The number of aliphatic hydroxyl groups is 1. The van der Waals surface area contributed by atoms with E-state index in [-0.39, 0.29) is 32.7 Å². The zero-order valence-electron chi connectivity index (χ0n) is 19.0. The van der Waals surface area contributed by atoms with Crippen molar-refractivity contribution >= 4 is 27.7 Å². The van der Waals surface area contributed by atoms with Gasteiger partial charge in [-0.2, -0.15) is 0 Å². The van der Waals surface area contributed by atoms with Gasteiger partial charge in [0.1, 0.15) is 0 Å². The van der Waals surface area contributed by atoms with Gasteiger partial charge in [0.05, 0.1) is 0 Å². The monoisotopic (exact) mass is 512 g/mol. The minimum atomic E-state index is -2.18. The third-order valence-electron chi connectivity index (χ3n) is 6.20. The molecule has 1 aromatic carbocycles. The topological polar surface area (TPSA) is 93.6 Å². The van der Waals surface area contributed by atoms with Crippen molar-refractivity contribution in [3.05, 3.63) is 62.9 Å². The number of aryl methyl sites for hydroxylation is 1. The quantitative estimate of drug-likeness (QED) is 0.578. The van der Waals surface area contributed by atoms with E-state index in [1.165, 1.54) is 10.8 Å². The van der Waals surface area contributed by atoms with E-state index in [0.717, 1.165) is 4.46 Å². The van der Waals surface area contributed by atoms with Crippen molar-refractivity contribution in [1.29, 1.82) is 0 Å². The van der Waals surface area contributed by atoms with Crippen molar-refractivity contribution in [2.75, 3.05) is 6.61 Å². The van der Waals surface area contributed by atoms with E-state index < -0.39 is 30.3 Å². The first-order chi connectivity index (χ1) is 14.4. The first-order valence-corrected chi connectivity index (χ1v) is 15.0. The summed E-state index contributed by atoms with van der Waals surface area (Å²) in [6.07, 6.45) is 0.948. The molecule has 3 rings (SSSR count). The summed E-state index contributed by atoms with van der Waals surface area (Å²) in [5.41, 5.74) is -0.497. The average Bonchev–Trinajstić information content (AvgIpc) is 3.02. The summed E-state index contributed by atoms with van der Waals surface area (Å²) in [4.78, 5) is 26.7. The molecule has 1 aromatic heterocycles. The average molecular weight is 512 g/mol. The second-order valence-corrected chi connectivity index (χ2v) is 17.2. The van der Waals surface area contributed by atoms with E-state index in [1.54, 1.807) is 6.92 Å². The summed E-state index contributed by atoms with van der Waals surface area (Å²) < 4.78 is 14.8. The van der Waals surface area contributed by atoms with Crippen molar-refractivity contribution in [1.82, 2.24) is 9.55 Å². The summed E-state index contributed by atoms with van der Waals surface area (Å²) >= 11 is -0.258. The number of benzene rings is 1. The van der Waals surface area contributed by atoms with E-state index in [9.17, 15) is 14.7 Å². The van der Waals surface area contributed by atoms with Crippen LogP contribution in [-0.4, -0.2) is 55.1 Å². The first kappa shape index (κ1) is 24.2. The van der Waals surface area contributed by atoms with Crippen LogP contribution in [0.15, 0.2) is 46.1 Å². The van der Waals surface area contributed by atoms with Gasteiger partial charge < -0.3 is 0 Å². The molecule has 2 aromatic rings. The van der Waals surface area contributed by atoms with Gasteiger partial charge in [0.2, 0.25) is 0 Å². The second-order valence-electron chi connectivity index (χ2n) is 9.54. The molecule has 2 heterocycles.